The number of piperidine rings is 1. The predicted octanol–water partition coefficient (Wildman–Crippen LogP) is -0.0579. The topological polar surface area (TPSA) is 96.2 Å². The van der Waals surface area contributed by atoms with E-state index >= 15 is 0 Å². The van der Waals surface area contributed by atoms with Gasteiger partial charge >= 0.3 is 5.69 Å². The summed E-state index contributed by atoms with van der Waals surface area (Å²) in [6, 6.07) is 0.226. The van der Waals surface area contributed by atoms with Crippen LogP contribution in [0, 0.1) is 0 Å². The number of aromatic nitrogens is 2. The van der Waals surface area contributed by atoms with E-state index in [1.165, 1.54) is 4.57 Å². The van der Waals surface area contributed by atoms with Crippen LogP contribution in [-0.4, -0.2) is 40.1 Å². The van der Waals surface area contributed by atoms with Crippen molar-refractivity contribution in [2.24, 2.45) is 7.05 Å². The molecule has 2 heterocycles. The fourth-order valence-corrected chi connectivity index (χ4v) is 2.60. The zero-order valence-corrected chi connectivity index (χ0v) is 12.1. The first kappa shape index (κ1) is 14.6. The van der Waals surface area contributed by atoms with Crippen LogP contribution in [0.25, 0.3) is 0 Å². The summed E-state index contributed by atoms with van der Waals surface area (Å²) in [5.41, 5.74) is 5.22. The summed E-state index contributed by atoms with van der Waals surface area (Å²) < 4.78 is 1.25. The highest BCUT2D eigenvalue weighted by Crippen LogP contribution is 2.17. The van der Waals surface area contributed by atoms with Gasteiger partial charge in [-0.3, -0.25) is 14.3 Å². The van der Waals surface area contributed by atoms with Gasteiger partial charge in [-0.2, -0.15) is 0 Å². The normalized spacial score (nSPS) is 17.3. The molecule has 1 fully saturated rings. The summed E-state index contributed by atoms with van der Waals surface area (Å²) in [4.78, 5) is 27.9. The Morgan fingerprint density at radius 1 is 1.35 bits per heavy atom. The average Bonchev–Trinajstić information content (AvgIpc) is 2.43. The highest BCUT2D eigenvalue weighted by Gasteiger charge is 2.20. The number of hydrogen-bond donors (Lipinski definition) is 3. The Labute approximate surface area is 117 Å². The van der Waals surface area contributed by atoms with E-state index in [4.69, 9.17) is 5.73 Å². The molecule has 1 aromatic rings. The molecule has 1 aliphatic heterocycles. The lowest BCUT2D eigenvalue weighted by Gasteiger charge is -2.32. The summed E-state index contributed by atoms with van der Waals surface area (Å²) in [7, 11) is 1.54. The molecule has 7 nitrogen and oxygen atoms in total. The second-order valence-electron chi connectivity index (χ2n) is 5.34. The number of nitrogens with two attached hydrogens (primary N) is 1. The van der Waals surface area contributed by atoms with Gasteiger partial charge in [0.05, 0.1) is 0 Å². The molecule has 0 bridgehead atoms. The number of aromatic amines is 1. The van der Waals surface area contributed by atoms with E-state index in [0.29, 0.717) is 5.69 Å². The smallest absolute Gasteiger partial charge is 0.329 e. The fraction of sp³-hybridized carbons (Fsp3) is 0.692. The standard InChI is InChI=1S/C13H23N5O2/c1-3-6-18-7-4-9(5-8-18)15-10-11(14)17(2)13(20)16-12(10)19/h9,15H,3-8,14H2,1-2H3,(H,16,19,20). The molecule has 7 heteroatoms. The van der Waals surface area contributed by atoms with Gasteiger partial charge in [0, 0.05) is 26.2 Å². The van der Waals surface area contributed by atoms with Gasteiger partial charge in [0.1, 0.15) is 11.5 Å². The van der Waals surface area contributed by atoms with E-state index in [1.807, 2.05) is 0 Å². The van der Waals surface area contributed by atoms with Crippen LogP contribution >= 0.6 is 0 Å². The molecule has 0 saturated carbocycles. The molecule has 0 radical (unpaired) electrons. The second kappa shape index (κ2) is 6.13. The van der Waals surface area contributed by atoms with Crippen molar-refractivity contribution in [3.8, 4) is 0 Å². The fourth-order valence-electron chi connectivity index (χ4n) is 2.60. The van der Waals surface area contributed by atoms with Crippen LogP contribution in [0.15, 0.2) is 9.59 Å². The minimum Gasteiger partial charge on any atom is -0.383 e. The number of nitrogens with zero attached hydrogens (tertiary/aromatic N) is 2. The molecule has 1 aromatic heterocycles. The van der Waals surface area contributed by atoms with Gasteiger partial charge in [-0.25, -0.2) is 4.79 Å². The molecule has 1 aliphatic rings. The van der Waals surface area contributed by atoms with Crippen molar-refractivity contribution in [1.82, 2.24) is 14.5 Å². The van der Waals surface area contributed by atoms with Crippen LogP contribution in [0.5, 0.6) is 0 Å². The maximum absolute atomic E-state index is 11.8. The van der Waals surface area contributed by atoms with Crippen LogP contribution in [-0.2, 0) is 7.05 Å². The molecule has 0 atom stereocenters. The minimum absolute atomic E-state index is 0.190. The predicted molar refractivity (Wildman–Crippen MR) is 80.1 cm³/mol. The van der Waals surface area contributed by atoms with E-state index in [9.17, 15) is 9.59 Å². The van der Waals surface area contributed by atoms with Crippen LogP contribution < -0.4 is 22.3 Å². The highest BCUT2D eigenvalue weighted by molar-refractivity contribution is 5.60. The molecule has 20 heavy (non-hydrogen) atoms. The quantitative estimate of drug-likeness (QED) is 0.718. The minimum atomic E-state index is -0.490. The van der Waals surface area contributed by atoms with Crippen LogP contribution in [0.2, 0.25) is 0 Å². The van der Waals surface area contributed by atoms with Crippen molar-refractivity contribution in [2.75, 3.05) is 30.7 Å². The van der Waals surface area contributed by atoms with Crippen molar-refractivity contribution < 1.29 is 0 Å². The molecule has 0 amide bonds. The van der Waals surface area contributed by atoms with Crippen LogP contribution in [0.4, 0.5) is 11.5 Å². The average molecular weight is 281 g/mol. The summed E-state index contributed by atoms with van der Waals surface area (Å²) in [6.07, 6.45) is 3.11. The molecule has 1 saturated heterocycles. The number of nitrogen functional groups attached to an aromatic ring is 1. The van der Waals surface area contributed by atoms with E-state index in [2.05, 4.69) is 22.1 Å². The first-order chi connectivity index (χ1) is 9.52. The molecule has 112 valence electrons. The number of likely N-dealkylation sites (tertiary alicyclic amines) is 1. The number of H-pyrrole nitrogens is 1. The van der Waals surface area contributed by atoms with Gasteiger partial charge < -0.3 is 16.0 Å². The largest absolute Gasteiger partial charge is 0.383 e. The van der Waals surface area contributed by atoms with Gasteiger partial charge in [0.2, 0.25) is 0 Å². The van der Waals surface area contributed by atoms with Crippen molar-refractivity contribution in [2.45, 2.75) is 32.2 Å². The molecule has 0 aromatic carbocycles. The maximum atomic E-state index is 11.8. The van der Waals surface area contributed by atoms with E-state index < -0.39 is 11.2 Å². The van der Waals surface area contributed by atoms with E-state index in [0.717, 1.165) is 38.9 Å². The number of anilines is 2. The first-order valence-electron chi connectivity index (χ1n) is 7.10. The molecule has 4 N–H and O–H groups in total. The molecule has 2 rings (SSSR count). The Hall–Kier alpha value is -1.76. The Bertz CT molecular complexity index is 569. The maximum Gasteiger partial charge on any atom is 0.329 e. The zero-order chi connectivity index (χ0) is 14.7. The zero-order valence-electron chi connectivity index (χ0n) is 12.1. The Morgan fingerprint density at radius 2 is 2.00 bits per heavy atom. The monoisotopic (exact) mass is 281 g/mol. The number of nitrogens with one attached hydrogen (secondary N) is 2. The van der Waals surface area contributed by atoms with Crippen LogP contribution in [0.1, 0.15) is 26.2 Å². The molecule has 0 unspecified atom stereocenters. The van der Waals surface area contributed by atoms with Gasteiger partial charge in [-0.15, -0.1) is 0 Å². The van der Waals surface area contributed by atoms with Gasteiger partial charge in [-0.1, -0.05) is 6.92 Å². The third-order valence-corrected chi connectivity index (χ3v) is 3.85. The van der Waals surface area contributed by atoms with Crippen molar-refractivity contribution in [3.63, 3.8) is 0 Å². The second-order valence-corrected chi connectivity index (χ2v) is 5.34. The lowest BCUT2D eigenvalue weighted by atomic mass is 10.0. The van der Waals surface area contributed by atoms with E-state index in [-0.39, 0.29) is 11.9 Å². The number of hydrogen-bond acceptors (Lipinski definition) is 5. The lowest BCUT2D eigenvalue weighted by molar-refractivity contribution is 0.219. The van der Waals surface area contributed by atoms with Crippen molar-refractivity contribution in [1.29, 1.82) is 0 Å². The summed E-state index contributed by atoms with van der Waals surface area (Å²) >= 11 is 0. The third-order valence-electron chi connectivity index (χ3n) is 3.85. The van der Waals surface area contributed by atoms with Crippen molar-refractivity contribution in [3.05, 3.63) is 20.8 Å². The Morgan fingerprint density at radius 3 is 2.60 bits per heavy atom. The highest BCUT2D eigenvalue weighted by atomic mass is 16.2. The molecular formula is C13H23N5O2. The Balaban J connectivity index is 2.07. The van der Waals surface area contributed by atoms with Crippen LogP contribution in [0.3, 0.4) is 0 Å². The lowest BCUT2D eigenvalue weighted by Crippen LogP contribution is -2.41. The Kier molecular flexibility index (Phi) is 4.49. The number of rotatable bonds is 4. The van der Waals surface area contributed by atoms with Gasteiger partial charge in [0.15, 0.2) is 0 Å². The van der Waals surface area contributed by atoms with Gasteiger partial charge in [-0.05, 0) is 25.8 Å². The molecular weight excluding hydrogens is 258 g/mol. The summed E-state index contributed by atoms with van der Waals surface area (Å²) in [5, 5.41) is 3.19. The SMILES string of the molecule is CCCN1CCC(Nc2c(N)n(C)c(=O)[nH]c2=O)CC1. The molecule has 0 spiro atoms. The third kappa shape index (κ3) is 3.04. The molecule has 0 aliphatic carbocycles. The summed E-state index contributed by atoms with van der Waals surface area (Å²) in [5.74, 6) is 0.190. The first-order valence-corrected chi connectivity index (χ1v) is 7.10. The van der Waals surface area contributed by atoms with E-state index in [1.54, 1.807) is 7.05 Å². The summed E-state index contributed by atoms with van der Waals surface area (Å²) in [6.45, 7) is 5.34. The van der Waals surface area contributed by atoms with Gasteiger partial charge in [0.25, 0.3) is 5.56 Å². The van der Waals surface area contributed by atoms with Crippen molar-refractivity contribution >= 4 is 11.5 Å².